The molecule has 0 aliphatic carbocycles. The lowest BCUT2D eigenvalue weighted by molar-refractivity contribution is 0.104. The summed E-state index contributed by atoms with van der Waals surface area (Å²) < 4.78 is 0. The second-order valence-corrected chi connectivity index (χ2v) is 6.44. The molecule has 1 rings (SSSR count). The van der Waals surface area contributed by atoms with Gasteiger partial charge < -0.3 is 0 Å². The summed E-state index contributed by atoms with van der Waals surface area (Å²) in [5, 5.41) is 0. The van der Waals surface area contributed by atoms with E-state index in [4.69, 9.17) is 0 Å². The minimum Gasteiger partial charge on any atom is -0.289 e. The van der Waals surface area contributed by atoms with E-state index in [0.717, 1.165) is 12.5 Å². The van der Waals surface area contributed by atoms with Gasteiger partial charge in [0.05, 0.1) is 0 Å². The predicted molar refractivity (Wildman–Crippen MR) is 101 cm³/mol. The SMILES string of the molecule is CCCCCCCCCCCCc1ccc(C(=O)C=C[C]=O)cc1. The van der Waals surface area contributed by atoms with Gasteiger partial charge in [0.1, 0.15) is 0 Å². The topological polar surface area (TPSA) is 34.1 Å². The number of unbranched alkanes of at least 4 members (excludes halogenated alkanes) is 9. The van der Waals surface area contributed by atoms with Crippen molar-refractivity contribution < 1.29 is 9.59 Å². The van der Waals surface area contributed by atoms with E-state index in [1.807, 2.05) is 24.3 Å². The van der Waals surface area contributed by atoms with Crippen molar-refractivity contribution >= 4 is 12.1 Å². The monoisotopic (exact) mass is 327 g/mol. The Balaban J connectivity index is 2.10. The van der Waals surface area contributed by atoms with Crippen LogP contribution in [-0.2, 0) is 11.2 Å². The van der Waals surface area contributed by atoms with Crippen LogP contribution in [0.25, 0.3) is 0 Å². The van der Waals surface area contributed by atoms with Gasteiger partial charge in [-0.2, -0.15) is 0 Å². The Labute approximate surface area is 147 Å². The average Bonchev–Trinajstić information content (AvgIpc) is 2.61. The first kappa shape index (κ1) is 20.3. The highest BCUT2D eigenvalue weighted by atomic mass is 16.1. The predicted octanol–water partition coefficient (Wildman–Crippen LogP) is 6.00. The van der Waals surface area contributed by atoms with Gasteiger partial charge in [0.15, 0.2) is 5.78 Å². The minimum atomic E-state index is -0.149. The van der Waals surface area contributed by atoms with Crippen LogP contribution in [0.5, 0.6) is 0 Å². The number of carbonyl (C=O) groups is 1. The van der Waals surface area contributed by atoms with Crippen molar-refractivity contribution in [1.29, 1.82) is 0 Å². The molecule has 131 valence electrons. The van der Waals surface area contributed by atoms with E-state index in [-0.39, 0.29) is 5.78 Å². The molecule has 0 aromatic heterocycles. The van der Waals surface area contributed by atoms with Gasteiger partial charge in [-0.15, -0.1) is 0 Å². The van der Waals surface area contributed by atoms with Crippen molar-refractivity contribution in [3.05, 3.63) is 47.5 Å². The molecule has 0 bridgehead atoms. The molecule has 0 aliphatic rings. The number of ketones is 1. The molecule has 2 heteroatoms. The molecule has 0 amide bonds. The molecular weight excluding hydrogens is 296 g/mol. The van der Waals surface area contributed by atoms with Crippen LogP contribution in [0.2, 0.25) is 0 Å². The Kier molecular flexibility index (Phi) is 11.6. The van der Waals surface area contributed by atoms with Crippen molar-refractivity contribution in [3.63, 3.8) is 0 Å². The van der Waals surface area contributed by atoms with E-state index in [1.165, 1.54) is 75.8 Å². The number of carbonyl (C=O) groups excluding carboxylic acids is 2. The van der Waals surface area contributed by atoms with Gasteiger partial charge in [0.25, 0.3) is 0 Å². The van der Waals surface area contributed by atoms with E-state index >= 15 is 0 Å². The number of allylic oxidation sites excluding steroid dienone is 2. The van der Waals surface area contributed by atoms with Gasteiger partial charge in [-0.05, 0) is 30.6 Å². The summed E-state index contributed by atoms with van der Waals surface area (Å²) in [6, 6.07) is 7.70. The molecule has 2 nitrogen and oxygen atoms in total. The van der Waals surface area contributed by atoms with Crippen molar-refractivity contribution in [2.24, 2.45) is 0 Å². The van der Waals surface area contributed by atoms with Gasteiger partial charge in [-0.1, -0.05) is 89.0 Å². The van der Waals surface area contributed by atoms with Crippen LogP contribution < -0.4 is 0 Å². The Morgan fingerprint density at radius 3 is 1.96 bits per heavy atom. The first-order valence-electron chi connectivity index (χ1n) is 9.45. The van der Waals surface area contributed by atoms with Crippen molar-refractivity contribution in [2.75, 3.05) is 0 Å². The molecule has 0 saturated carbocycles. The van der Waals surface area contributed by atoms with E-state index < -0.39 is 0 Å². The second-order valence-electron chi connectivity index (χ2n) is 6.44. The van der Waals surface area contributed by atoms with Crippen LogP contribution in [0.15, 0.2) is 36.4 Å². The first-order valence-corrected chi connectivity index (χ1v) is 9.45. The quantitative estimate of drug-likeness (QED) is 0.239. The van der Waals surface area contributed by atoms with Crippen LogP contribution in [-0.4, -0.2) is 12.1 Å². The standard InChI is InChI=1S/C22H31O2/c1-2-3-4-5-6-7-8-9-10-11-13-20-15-17-21(18-16-20)22(24)14-12-19-23/h12,14-18H,2-11,13H2,1H3. The largest absolute Gasteiger partial charge is 0.289 e. The molecule has 24 heavy (non-hydrogen) atoms. The van der Waals surface area contributed by atoms with Crippen LogP contribution >= 0.6 is 0 Å². The van der Waals surface area contributed by atoms with Crippen LogP contribution in [0, 0.1) is 0 Å². The fourth-order valence-electron chi connectivity index (χ4n) is 2.86. The highest BCUT2D eigenvalue weighted by molar-refractivity contribution is 6.05. The molecule has 0 atom stereocenters. The summed E-state index contributed by atoms with van der Waals surface area (Å²) in [6.45, 7) is 2.26. The normalized spacial score (nSPS) is 11.0. The van der Waals surface area contributed by atoms with E-state index in [1.54, 1.807) is 6.29 Å². The van der Waals surface area contributed by atoms with Gasteiger partial charge in [-0.3, -0.25) is 9.59 Å². The second kappa shape index (κ2) is 13.7. The molecule has 1 aromatic rings. The zero-order valence-electron chi connectivity index (χ0n) is 15.1. The van der Waals surface area contributed by atoms with Crippen LogP contribution in [0.3, 0.4) is 0 Å². The summed E-state index contributed by atoms with van der Waals surface area (Å²) in [4.78, 5) is 21.8. The molecule has 1 aromatic carbocycles. The summed E-state index contributed by atoms with van der Waals surface area (Å²) in [5.74, 6) is -0.149. The van der Waals surface area contributed by atoms with Crippen molar-refractivity contribution in [1.82, 2.24) is 0 Å². The number of aryl methyl sites for hydroxylation is 1. The lowest BCUT2D eigenvalue weighted by atomic mass is 10.0. The van der Waals surface area contributed by atoms with Crippen LogP contribution in [0.4, 0.5) is 0 Å². The summed E-state index contributed by atoms with van der Waals surface area (Å²) in [5.41, 5.74) is 1.89. The average molecular weight is 327 g/mol. The van der Waals surface area contributed by atoms with E-state index in [9.17, 15) is 9.59 Å². The lowest BCUT2D eigenvalue weighted by Crippen LogP contribution is -1.95. The molecule has 0 spiro atoms. The maximum Gasteiger partial charge on any atom is 0.225 e. The Hall–Kier alpha value is -1.70. The molecule has 0 heterocycles. The molecule has 1 radical (unpaired) electrons. The fourth-order valence-corrected chi connectivity index (χ4v) is 2.86. The lowest BCUT2D eigenvalue weighted by Gasteiger charge is -2.04. The van der Waals surface area contributed by atoms with E-state index in [2.05, 4.69) is 6.92 Å². The maximum absolute atomic E-state index is 11.7. The molecule has 0 unspecified atom stereocenters. The number of rotatable bonds is 14. The first-order chi connectivity index (χ1) is 11.8. The highest BCUT2D eigenvalue weighted by Gasteiger charge is 2.01. The fraction of sp³-hybridized carbons (Fsp3) is 0.545. The third-order valence-electron chi connectivity index (χ3n) is 4.36. The smallest absolute Gasteiger partial charge is 0.225 e. The molecule has 0 N–H and O–H groups in total. The molecule has 0 aliphatic heterocycles. The molecular formula is C22H31O2. The third kappa shape index (κ3) is 9.44. The van der Waals surface area contributed by atoms with E-state index in [0.29, 0.717) is 5.56 Å². The summed E-state index contributed by atoms with van der Waals surface area (Å²) in [6.07, 6.45) is 18.5. The van der Waals surface area contributed by atoms with Gasteiger partial charge in [0.2, 0.25) is 6.29 Å². The minimum absolute atomic E-state index is 0.149. The molecule has 0 saturated heterocycles. The number of hydrogen-bond donors (Lipinski definition) is 0. The van der Waals surface area contributed by atoms with Crippen LogP contribution in [0.1, 0.15) is 87.1 Å². The number of hydrogen-bond acceptors (Lipinski definition) is 2. The molecule has 0 fully saturated rings. The zero-order chi connectivity index (χ0) is 17.5. The summed E-state index contributed by atoms with van der Waals surface area (Å²) in [7, 11) is 0. The van der Waals surface area contributed by atoms with Crippen molar-refractivity contribution in [3.8, 4) is 0 Å². The Bertz CT molecular complexity index is 485. The summed E-state index contributed by atoms with van der Waals surface area (Å²) >= 11 is 0. The maximum atomic E-state index is 11.7. The Morgan fingerprint density at radius 1 is 0.875 bits per heavy atom. The van der Waals surface area contributed by atoms with Gasteiger partial charge in [-0.25, -0.2) is 0 Å². The van der Waals surface area contributed by atoms with Gasteiger partial charge in [0, 0.05) is 5.56 Å². The highest BCUT2D eigenvalue weighted by Crippen LogP contribution is 2.13. The van der Waals surface area contributed by atoms with Gasteiger partial charge >= 0.3 is 0 Å². The van der Waals surface area contributed by atoms with Crippen molar-refractivity contribution in [2.45, 2.75) is 77.6 Å². The zero-order valence-corrected chi connectivity index (χ0v) is 15.1. The third-order valence-corrected chi connectivity index (χ3v) is 4.36. The Morgan fingerprint density at radius 2 is 1.42 bits per heavy atom. The number of benzene rings is 1.